The topological polar surface area (TPSA) is 99.9 Å². The summed E-state index contributed by atoms with van der Waals surface area (Å²) in [6, 6.07) is 7.11. The second-order valence-electron chi connectivity index (χ2n) is 5.86. The Morgan fingerprint density at radius 3 is 2.61 bits per heavy atom. The van der Waals surface area contributed by atoms with E-state index >= 15 is 0 Å². The quantitative estimate of drug-likeness (QED) is 0.780. The fraction of sp³-hybridized carbons (Fsp3) is 0.500. The van der Waals surface area contributed by atoms with Gasteiger partial charge >= 0.3 is 0 Å². The number of primary amides is 1. The fourth-order valence-electron chi connectivity index (χ4n) is 2.88. The third-order valence-electron chi connectivity index (χ3n) is 4.08. The SMILES string of the molecule is Cc1ccc(C(=O)N[C@H]2CO[C@H]3[C@@H]2OC[C@H]3OCC(N)=O)cc1. The minimum atomic E-state index is -0.532. The molecule has 0 radical (unpaired) electrons. The lowest BCUT2D eigenvalue weighted by molar-refractivity contribution is -0.126. The molecule has 2 saturated heterocycles. The highest BCUT2D eigenvalue weighted by Crippen LogP contribution is 2.29. The van der Waals surface area contributed by atoms with Gasteiger partial charge in [-0.15, -0.1) is 0 Å². The number of nitrogens with two attached hydrogens (primary N) is 1. The van der Waals surface area contributed by atoms with E-state index in [4.69, 9.17) is 19.9 Å². The fourth-order valence-corrected chi connectivity index (χ4v) is 2.88. The molecule has 7 nitrogen and oxygen atoms in total. The molecule has 1 aromatic carbocycles. The molecule has 2 aliphatic rings. The van der Waals surface area contributed by atoms with E-state index in [2.05, 4.69) is 5.32 Å². The number of hydrogen-bond donors (Lipinski definition) is 2. The van der Waals surface area contributed by atoms with Crippen LogP contribution in [0.1, 0.15) is 15.9 Å². The lowest BCUT2D eigenvalue weighted by atomic mass is 10.1. The van der Waals surface area contributed by atoms with Crippen LogP contribution in [0.3, 0.4) is 0 Å². The van der Waals surface area contributed by atoms with Gasteiger partial charge in [-0.3, -0.25) is 9.59 Å². The van der Waals surface area contributed by atoms with Crippen molar-refractivity contribution in [2.45, 2.75) is 31.3 Å². The molecule has 2 heterocycles. The van der Waals surface area contributed by atoms with Gasteiger partial charge in [-0.2, -0.15) is 0 Å². The van der Waals surface area contributed by atoms with Crippen LogP contribution in [0.2, 0.25) is 0 Å². The predicted molar refractivity (Wildman–Crippen MR) is 80.8 cm³/mol. The molecule has 0 aromatic heterocycles. The van der Waals surface area contributed by atoms with Gasteiger partial charge in [0, 0.05) is 5.56 Å². The third kappa shape index (κ3) is 3.52. The Hall–Kier alpha value is -1.96. The summed E-state index contributed by atoms with van der Waals surface area (Å²) in [5.74, 6) is -0.694. The second-order valence-corrected chi connectivity index (χ2v) is 5.86. The average Bonchev–Trinajstić information content (AvgIpc) is 3.09. The number of amides is 2. The Labute approximate surface area is 134 Å². The molecule has 7 heteroatoms. The van der Waals surface area contributed by atoms with Crippen LogP contribution in [-0.2, 0) is 19.0 Å². The van der Waals surface area contributed by atoms with Crippen molar-refractivity contribution in [2.75, 3.05) is 19.8 Å². The van der Waals surface area contributed by atoms with Crippen molar-refractivity contribution in [1.82, 2.24) is 5.32 Å². The summed E-state index contributed by atoms with van der Waals surface area (Å²) in [6.45, 7) is 2.47. The van der Waals surface area contributed by atoms with Crippen LogP contribution < -0.4 is 11.1 Å². The van der Waals surface area contributed by atoms with E-state index in [9.17, 15) is 9.59 Å². The summed E-state index contributed by atoms with van der Waals surface area (Å²) >= 11 is 0. The van der Waals surface area contributed by atoms with E-state index in [0.29, 0.717) is 18.8 Å². The first-order chi connectivity index (χ1) is 11.0. The third-order valence-corrected chi connectivity index (χ3v) is 4.08. The predicted octanol–water partition coefficient (Wildman–Crippen LogP) is -0.238. The maximum Gasteiger partial charge on any atom is 0.251 e. The van der Waals surface area contributed by atoms with Gasteiger partial charge in [-0.25, -0.2) is 0 Å². The van der Waals surface area contributed by atoms with E-state index in [-0.39, 0.29) is 36.9 Å². The highest BCUT2D eigenvalue weighted by atomic mass is 16.6. The van der Waals surface area contributed by atoms with E-state index in [1.807, 2.05) is 19.1 Å². The van der Waals surface area contributed by atoms with Gasteiger partial charge in [-0.1, -0.05) is 17.7 Å². The van der Waals surface area contributed by atoms with E-state index < -0.39 is 5.91 Å². The van der Waals surface area contributed by atoms with Crippen molar-refractivity contribution < 1.29 is 23.8 Å². The first-order valence-corrected chi connectivity index (χ1v) is 7.55. The number of hydrogen-bond acceptors (Lipinski definition) is 5. The normalized spacial score (nSPS) is 29.3. The molecule has 4 atom stereocenters. The van der Waals surface area contributed by atoms with Crippen LogP contribution >= 0.6 is 0 Å². The maximum absolute atomic E-state index is 12.3. The molecule has 23 heavy (non-hydrogen) atoms. The largest absolute Gasteiger partial charge is 0.370 e. The summed E-state index contributed by atoms with van der Waals surface area (Å²) in [7, 11) is 0. The monoisotopic (exact) mass is 320 g/mol. The maximum atomic E-state index is 12.3. The van der Waals surface area contributed by atoms with E-state index in [1.165, 1.54) is 0 Å². The zero-order valence-electron chi connectivity index (χ0n) is 12.9. The van der Waals surface area contributed by atoms with Crippen LogP contribution in [0.25, 0.3) is 0 Å². The number of fused-ring (bicyclic) bond motifs is 1. The van der Waals surface area contributed by atoms with Crippen molar-refractivity contribution in [3.05, 3.63) is 35.4 Å². The molecule has 0 aliphatic carbocycles. The average molecular weight is 320 g/mol. The number of carbonyl (C=O) groups excluding carboxylic acids is 2. The van der Waals surface area contributed by atoms with Crippen LogP contribution in [0.4, 0.5) is 0 Å². The second kappa shape index (κ2) is 6.66. The van der Waals surface area contributed by atoms with Gasteiger partial charge in [0.25, 0.3) is 5.91 Å². The highest BCUT2D eigenvalue weighted by Gasteiger charge is 2.48. The molecule has 124 valence electrons. The summed E-state index contributed by atoms with van der Waals surface area (Å²) in [5.41, 5.74) is 6.77. The van der Waals surface area contributed by atoms with Crippen molar-refractivity contribution >= 4 is 11.8 Å². The van der Waals surface area contributed by atoms with E-state index in [0.717, 1.165) is 5.56 Å². The molecule has 3 rings (SSSR count). The number of ether oxygens (including phenoxy) is 3. The molecule has 0 spiro atoms. The zero-order valence-corrected chi connectivity index (χ0v) is 12.9. The number of nitrogens with one attached hydrogen (secondary N) is 1. The van der Waals surface area contributed by atoms with Crippen LogP contribution in [-0.4, -0.2) is 56.0 Å². The van der Waals surface area contributed by atoms with Gasteiger partial charge in [0.05, 0.1) is 19.3 Å². The molecular weight excluding hydrogens is 300 g/mol. The lowest BCUT2D eigenvalue weighted by Gasteiger charge is -2.18. The number of aryl methyl sites for hydroxylation is 1. The number of carbonyl (C=O) groups is 2. The standard InChI is InChI=1S/C16H20N2O5/c1-9-2-4-10(5-3-9)16(20)18-11-6-22-15-12(7-23-14(11)15)21-8-13(17)19/h2-5,11-12,14-15H,6-8H2,1H3,(H2,17,19)(H,18,20)/t11-,12+,14+,15+/m0/s1. The number of rotatable bonds is 5. The molecule has 0 unspecified atom stereocenters. The van der Waals surface area contributed by atoms with Crippen molar-refractivity contribution in [2.24, 2.45) is 5.73 Å². The van der Waals surface area contributed by atoms with Crippen LogP contribution in [0.15, 0.2) is 24.3 Å². The number of benzene rings is 1. The van der Waals surface area contributed by atoms with Crippen LogP contribution in [0, 0.1) is 6.92 Å². The molecule has 3 N–H and O–H groups in total. The first-order valence-electron chi connectivity index (χ1n) is 7.55. The highest BCUT2D eigenvalue weighted by molar-refractivity contribution is 5.94. The molecule has 0 bridgehead atoms. The Morgan fingerprint density at radius 2 is 1.91 bits per heavy atom. The van der Waals surface area contributed by atoms with Crippen molar-refractivity contribution in [3.63, 3.8) is 0 Å². The van der Waals surface area contributed by atoms with Gasteiger partial charge in [-0.05, 0) is 19.1 Å². The Morgan fingerprint density at radius 1 is 1.22 bits per heavy atom. The summed E-state index contributed by atoms with van der Waals surface area (Å²) in [6.07, 6.45) is -0.909. The Balaban J connectivity index is 1.57. The minimum absolute atomic E-state index is 0.163. The van der Waals surface area contributed by atoms with Gasteiger partial charge in [0.1, 0.15) is 24.9 Å². The Kier molecular flexibility index (Phi) is 4.61. The lowest BCUT2D eigenvalue weighted by Crippen LogP contribution is -2.44. The van der Waals surface area contributed by atoms with E-state index in [1.54, 1.807) is 12.1 Å². The molecule has 2 aliphatic heterocycles. The minimum Gasteiger partial charge on any atom is -0.370 e. The van der Waals surface area contributed by atoms with Crippen molar-refractivity contribution in [1.29, 1.82) is 0 Å². The van der Waals surface area contributed by atoms with Gasteiger partial charge in [0.2, 0.25) is 5.91 Å². The van der Waals surface area contributed by atoms with Gasteiger partial charge < -0.3 is 25.3 Å². The van der Waals surface area contributed by atoms with Crippen molar-refractivity contribution in [3.8, 4) is 0 Å². The zero-order chi connectivity index (χ0) is 16.4. The molecule has 1 aromatic rings. The molecule has 2 fully saturated rings. The summed E-state index contributed by atoms with van der Waals surface area (Å²) in [4.78, 5) is 23.1. The molecule has 0 saturated carbocycles. The summed E-state index contributed by atoms with van der Waals surface area (Å²) < 4.78 is 16.7. The molecular formula is C16H20N2O5. The first kappa shape index (κ1) is 15.9. The van der Waals surface area contributed by atoms with Crippen LogP contribution in [0.5, 0.6) is 0 Å². The Bertz CT molecular complexity index is 589. The molecule has 2 amide bonds. The summed E-state index contributed by atoms with van der Waals surface area (Å²) in [5, 5.41) is 2.94. The van der Waals surface area contributed by atoms with Gasteiger partial charge in [0.15, 0.2) is 0 Å². The smallest absolute Gasteiger partial charge is 0.251 e.